The van der Waals surface area contributed by atoms with E-state index in [4.69, 9.17) is 16.6 Å². The summed E-state index contributed by atoms with van der Waals surface area (Å²) in [6.45, 7) is 3.67. The minimum absolute atomic E-state index is 0.0187. The summed E-state index contributed by atoms with van der Waals surface area (Å²) in [7, 11) is -2.40. The molecule has 220 valence electrons. The molecule has 41 heavy (non-hydrogen) atoms. The van der Waals surface area contributed by atoms with Crippen molar-refractivity contribution in [2.75, 3.05) is 13.6 Å². The fraction of sp³-hybridized carbons (Fsp3) is 0.517. The number of carbonyl (C=O) groups is 1. The molecular formula is C29H32ClF3N4O3S. The molecule has 0 unspecified atom stereocenters. The lowest BCUT2D eigenvalue weighted by Crippen LogP contribution is -2.78. The van der Waals surface area contributed by atoms with Crippen LogP contribution in [0.4, 0.5) is 13.2 Å². The van der Waals surface area contributed by atoms with Gasteiger partial charge in [-0.25, -0.2) is 21.6 Å². The molecule has 2 aromatic rings. The second-order valence-corrected chi connectivity index (χ2v) is 15.0. The molecule has 4 saturated carbocycles. The number of sulfonamides is 1. The number of hydrogen-bond acceptors (Lipinski definition) is 5. The quantitative estimate of drug-likeness (QED) is 0.441. The van der Waals surface area contributed by atoms with Crippen molar-refractivity contribution in [1.29, 1.82) is 0 Å². The molecule has 4 fully saturated rings. The monoisotopic (exact) mass is 608 g/mol. The standard InChI is InChI=1S/C29H32ClF3N4O3S/c1-26(2)23(24(38)36(3)14-19-12-29(19,32)33)34-25(35-26)27-15-28(16-27,17-27)37(13-18-9-10-21(30)22(31)11-18)41(39,40)20-7-5-4-6-8-20/h4-11,19,23H,12-17H2,1-3H3,(H,34,35)/t19-,23+,27?,28?/m1/s1. The van der Waals surface area contributed by atoms with E-state index in [1.165, 1.54) is 28.4 Å². The van der Waals surface area contributed by atoms with Crippen molar-refractivity contribution < 1.29 is 26.4 Å². The van der Waals surface area contributed by atoms with Crippen molar-refractivity contribution in [3.63, 3.8) is 0 Å². The molecule has 7 nitrogen and oxygen atoms in total. The zero-order chi connectivity index (χ0) is 29.6. The van der Waals surface area contributed by atoms with Crippen LogP contribution in [0.3, 0.4) is 0 Å². The van der Waals surface area contributed by atoms with Gasteiger partial charge in [-0.1, -0.05) is 35.9 Å². The number of benzene rings is 2. The number of alkyl halides is 2. The van der Waals surface area contributed by atoms with Gasteiger partial charge in [-0.05, 0) is 62.9 Å². The first-order valence-electron chi connectivity index (χ1n) is 13.6. The average molecular weight is 609 g/mol. The van der Waals surface area contributed by atoms with Gasteiger partial charge in [-0.3, -0.25) is 9.79 Å². The SMILES string of the molecule is CN(C[C@H]1CC1(F)F)C(=O)[C@@H]1N=C(C23CC(N(Cc4ccc(Cl)c(F)c4)S(=O)(=O)c4ccccc4)(C2)C3)NC1(C)C. The largest absolute Gasteiger partial charge is 0.366 e. The normalized spacial score (nSPS) is 30.6. The fourth-order valence-corrected chi connectivity index (χ4v) is 8.60. The number of rotatable bonds is 9. The Balaban J connectivity index is 1.23. The molecule has 0 saturated heterocycles. The Morgan fingerprint density at radius 3 is 2.34 bits per heavy atom. The van der Waals surface area contributed by atoms with Crippen molar-refractivity contribution in [2.24, 2.45) is 16.3 Å². The average Bonchev–Trinajstić information content (AvgIpc) is 3.32. The van der Waals surface area contributed by atoms with Crippen molar-refractivity contribution in [3.8, 4) is 0 Å². The van der Waals surface area contributed by atoms with E-state index < -0.39 is 50.2 Å². The van der Waals surface area contributed by atoms with Crippen LogP contribution in [-0.4, -0.2) is 66.0 Å². The predicted molar refractivity (Wildman–Crippen MR) is 149 cm³/mol. The zero-order valence-corrected chi connectivity index (χ0v) is 24.6. The van der Waals surface area contributed by atoms with Gasteiger partial charge in [0.1, 0.15) is 11.7 Å². The van der Waals surface area contributed by atoms with Crippen molar-refractivity contribution in [1.82, 2.24) is 14.5 Å². The molecule has 2 bridgehead atoms. The summed E-state index contributed by atoms with van der Waals surface area (Å²) in [4.78, 5) is 19.5. The minimum atomic E-state index is -3.93. The summed E-state index contributed by atoms with van der Waals surface area (Å²) < 4.78 is 70.4. The second kappa shape index (κ2) is 9.18. The van der Waals surface area contributed by atoms with Crippen LogP contribution in [0.15, 0.2) is 58.4 Å². The Morgan fingerprint density at radius 2 is 1.76 bits per heavy atom. The number of carbonyl (C=O) groups excluding carboxylic acids is 1. The van der Waals surface area contributed by atoms with E-state index in [1.807, 2.05) is 13.8 Å². The van der Waals surface area contributed by atoms with Gasteiger partial charge in [0, 0.05) is 43.4 Å². The van der Waals surface area contributed by atoms with Crippen LogP contribution < -0.4 is 5.32 Å². The van der Waals surface area contributed by atoms with E-state index in [-0.39, 0.29) is 35.3 Å². The Bertz CT molecular complexity index is 1530. The number of nitrogens with one attached hydrogen (secondary N) is 1. The summed E-state index contributed by atoms with van der Waals surface area (Å²) in [5, 5.41) is 3.36. The lowest BCUT2D eigenvalue weighted by molar-refractivity contribution is -0.151. The Hall–Kier alpha value is -2.63. The van der Waals surface area contributed by atoms with E-state index in [0.29, 0.717) is 30.7 Å². The molecule has 1 aliphatic heterocycles. The summed E-state index contributed by atoms with van der Waals surface area (Å²) >= 11 is 5.86. The van der Waals surface area contributed by atoms with Crippen molar-refractivity contribution in [2.45, 2.75) is 74.0 Å². The van der Waals surface area contributed by atoms with Crippen LogP contribution >= 0.6 is 11.6 Å². The molecule has 2 aromatic carbocycles. The zero-order valence-electron chi connectivity index (χ0n) is 23.0. The van der Waals surface area contributed by atoms with E-state index in [0.717, 1.165) is 0 Å². The van der Waals surface area contributed by atoms with E-state index in [1.54, 1.807) is 36.4 Å². The summed E-state index contributed by atoms with van der Waals surface area (Å²) in [5.41, 5.74) is -1.34. The molecule has 1 heterocycles. The fourth-order valence-electron chi connectivity index (χ4n) is 6.71. The summed E-state index contributed by atoms with van der Waals surface area (Å²) in [6.07, 6.45) is 1.28. The smallest absolute Gasteiger partial charge is 0.253 e. The Morgan fingerprint density at radius 1 is 1.12 bits per heavy atom. The molecule has 4 aliphatic carbocycles. The maximum Gasteiger partial charge on any atom is 0.253 e. The number of halogens is 4. The first-order chi connectivity index (χ1) is 19.1. The molecule has 1 amide bonds. The Labute approximate surface area is 242 Å². The van der Waals surface area contributed by atoms with Gasteiger partial charge < -0.3 is 10.2 Å². The maximum absolute atomic E-state index is 14.3. The number of aliphatic imine (C=N–C) groups is 1. The van der Waals surface area contributed by atoms with Crippen LogP contribution in [0.25, 0.3) is 0 Å². The third-order valence-corrected chi connectivity index (χ3v) is 11.4. The van der Waals surface area contributed by atoms with Crippen LogP contribution in [0.2, 0.25) is 5.02 Å². The molecule has 0 spiro atoms. The van der Waals surface area contributed by atoms with Gasteiger partial charge in [0.15, 0.2) is 6.04 Å². The molecule has 1 N–H and O–H groups in total. The number of nitrogens with zero attached hydrogens (tertiary/aromatic N) is 3. The van der Waals surface area contributed by atoms with Gasteiger partial charge in [0.05, 0.1) is 15.5 Å². The Kier molecular flexibility index (Phi) is 6.38. The van der Waals surface area contributed by atoms with Crippen LogP contribution in [0, 0.1) is 17.2 Å². The maximum atomic E-state index is 14.3. The lowest BCUT2D eigenvalue weighted by atomic mass is 9.38. The first kappa shape index (κ1) is 28.5. The van der Waals surface area contributed by atoms with Gasteiger partial charge in [-0.15, -0.1) is 0 Å². The molecule has 0 radical (unpaired) electrons. The van der Waals surface area contributed by atoms with Crippen molar-refractivity contribution in [3.05, 3.63) is 64.9 Å². The minimum Gasteiger partial charge on any atom is -0.366 e. The highest BCUT2D eigenvalue weighted by molar-refractivity contribution is 7.89. The highest BCUT2D eigenvalue weighted by atomic mass is 35.5. The summed E-state index contributed by atoms with van der Waals surface area (Å²) in [5.74, 6) is -3.81. The number of amidine groups is 1. The van der Waals surface area contributed by atoms with Gasteiger partial charge in [0.2, 0.25) is 15.9 Å². The van der Waals surface area contributed by atoms with E-state index in [9.17, 15) is 26.4 Å². The van der Waals surface area contributed by atoms with Crippen LogP contribution in [0.1, 0.15) is 45.1 Å². The van der Waals surface area contributed by atoms with E-state index >= 15 is 0 Å². The molecule has 7 rings (SSSR count). The lowest BCUT2D eigenvalue weighted by Gasteiger charge is -2.73. The number of amides is 1. The number of hydrogen-bond donors (Lipinski definition) is 1. The molecular weight excluding hydrogens is 577 g/mol. The van der Waals surface area contributed by atoms with Gasteiger partial charge in [-0.2, -0.15) is 4.31 Å². The predicted octanol–water partition coefficient (Wildman–Crippen LogP) is 4.86. The molecule has 0 aromatic heterocycles. The van der Waals surface area contributed by atoms with Crippen LogP contribution in [0.5, 0.6) is 0 Å². The summed E-state index contributed by atoms with van der Waals surface area (Å²) in [6, 6.07) is 11.7. The third kappa shape index (κ3) is 4.64. The van der Waals surface area contributed by atoms with E-state index in [2.05, 4.69) is 5.32 Å². The first-order valence-corrected chi connectivity index (χ1v) is 15.4. The van der Waals surface area contributed by atoms with Crippen LogP contribution in [-0.2, 0) is 21.4 Å². The molecule has 2 atom stereocenters. The third-order valence-electron chi connectivity index (χ3n) is 9.12. The molecule has 12 heteroatoms. The molecule has 5 aliphatic rings. The topological polar surface area (TPSA) is 82.1 Å². The number of likely N-dealkylation sites (N-methyl/N-ethyl adjacent to an activating group) is 1. The highest BCUT2D eigenvalue weighted by Crippen LogP contribution is 2.71. The van der Waals surface area contributed by atoms with Gasteiger partial charge >= 0.3 is 0 Å². The van der Waals surface area contributed by atoms with Crippen molar-refractivity contribution >= 4 is 33.4 Å². The second-order valence-electron chi connectivity index (χ2n) is 12.7. The highest BCUT2D eigenvalue weighted by Gasteiger charge is 2.75. The van der Waals surface area contributed by atoms with Gasteiger partial charge in [0.25, 0.3) is 5.92 Å².